The van der Waals surface area contributed by atoms with Gasteiger partial charge in [0.05, 0.1) is 16.6 Å². The summed E-state index contributed by atoms with van der Waals surface area (Å²) in [4.78, 5) is 25.9. The molecular weight excluding hydrogens is 268 g/mol. The number of fused-ring (bicyclic) bond motifs is 1. The van der Waals surface area contributed by atoms with Crippen molar-refractivity contribution < 1.29 is 9.90 Å². The van der Waals surface area contributed by atoms with Gasteiger partial charge in [0.25, 0.3) is 0 Å². The summed E-state index contributed by atoms with van der Waals surface area (Å²) in [5.74, 6) is 0.176. The van der Waals surface area contributed by atoms with Gasteiger partial charge in [-0.2, -0.15) is 0 Å². The topological polar surface area (TPSA) is 75.1 Å². The van der Waals surface area contributed by atoms with Crippen LogP contribution in [0.15, 0.2) is 23.0 Å². The Morgan fingerprint density at radius 3 is 2.86 bits per heavy atom. The molecule has 112 valence electrons. The maximum atomic E-state index is 12.2. The number of H-pyrrole nitrogens is 1. The van der Waals surface area contributed by atoms with E-state index in [4.69, 9.17) is 5.11 Å². The van der Waals surface area contributed by atoms with Crippen LogP contribution in [0, 0.1) is 11.8 Å². The van der Waals surface area contributed by atoms with Crippen molar-refractivity contribution in [1.29, 1.82) is 0 Å². The van der Waals surface area contributed by atoms with Crippen LogP contribution in [-0.4, -0.2) is 20.6 Å². The van der Waals surface area contributed by atoms with Gasteiger partial charge in [-0.05, 0) is 36.5 Å². The Kier molecular flexibility index (Phi) is 3.57. The average Bonchev–Trinajstić information content (AvgIpc) is 2.76. The number of aromatic carboxylic acids is 1. The number of aromatic amines is 1. The first kappa shape index (κ1) is 13.9. The quantitative estimate of drug-likeness (QED) is 0.912. The average molecular weight is 288 g/mol. The predicted octanol–water partition coefficient (Wildman–Crippen LogP) is 2.85. The molecule has 2 atom stereocenters. The minimum atomic E-state index is -0.980. The van der Waals surface area contributed by atoms with Crippen LogP contribution in [0.25, 0.3) is 11.0 Å². The van der Waals surface area contributed by atoms with Crippen LogP contribution in [0.2, 0.25) is 0 Å². The normalized spacial score (nSPS) is 22.5. The third-order valence-corrected chi connectivity index (χ3v) is 4.73. The molecule has 1 heterocycles. The first-order valence-electron chi connectivity index (χ1n) is 7.52. The van der Waals surface area contributed by atoms with Gasteiger partial charge in [-0.25, -0.2) is 9.59 Å². The molecule has 0 saturated heterocycles. The van der Waals surface area contributed by atoms with Crippen LogP contribution in [0.4, 0.5) is 0 Å². The van der Waals surface area contributed by atoms with Crippen molar-refractivity contribution in [3.05, 3.63) is 34.2 Å². The maximum Gasteiger partial charge on any atom is 0.335 e. The third-order valence-electron chi connectivity index (χ3n) is 4.73. The Balaban J connectivity index is 1.96. The molecule has 2 aromatic rings. The molecular formula is C16H20N2O3. The number of carbonyl (C=O) groups is 1. The standard InChI is InChI=1S/C16H20N2O3/c1-10-4-2-3-5-12(10)9-18-14-7-6-11(15(19)20)8-13(14)17-16(18)21/h6-8,10,12H,2-5,9H2,1H3,(H,17,21)(H,19,20). The van der Waals surface area contributed by atoms with Crippen LogP contribution < -0.4 is 5.69 Å². The number of hydrogen-bond donors (Lipinski definition) is 2. The van der Waals surface area contributed by atoms with Crippen molar-refractivity contribution in [1.82, 2.24) is 9.55 Å². The second-order valence-electron chi connectivity index (χ2n) is 6.10. The minimum absolute atomic E-state index is 0.148. The lowest BCUT2D eigenvalue weighted by molar-refractivity contribution is 0.0697. The van der Waals surface area contributed by atoms with E-state index in [0.717, 1.165) is 11.9 Å². The molecule has 0 spiro atoms. The highest BCUT2D eigenvalue weighted by Crippen LogP contribution is 2.31. The zero-order valence-corrected chi connectivity index (χ0v) is 12.1. The monoisotopic (exact) mass is 288 g/mol. The van der Waals surface area contributed by atoms with Gasteiger partial charge in [0.2, 0.25) is 0 Å². The molecule has 0 aliphatic heterocycles. The molecule has 1 aliphatic carbocycles. The molecule has 21 heavy (non-hydrogen) atoms. The lowest BCUT2D eigenvalue weighted by Crippen LogP contribution is -2.27. The number of carboxylic acids is 1. The fraction of sp³-hybridized carbons (Fsp3) is 0.500. The van der Waals surface area contributed by atoms with E-state index in [0.29, 0.717) is 23.9 Å². The second kappa shape index (κ2) is 5.39. The lowest BCUT2D eigenvalue weighted by atomic mass is 9.80. The summed E-state index contributed by atoms with van der Waals surface area (Å²) >= 11 is 0. The molecule has 1 fully saturated rings. The highest BCUT2D eigenvalue weighted by atomic mass is 16.4. The van der Waals surface area contributed by atoms with E-state index in [1.54, 1.807) is 16.7 Å². The molecule has 1 aromatic carbocycles. The van der Waals surface area contributed by atoms with Crippen molar-refractivity contribution in [2.75, 3.05) is 0 Å². The SMILES string of the molecule is CC1CCCCC1Cn1c(=O)[nH]c2cc(C(=O)O)ccc21. The molecule has 5 nitrogen and oxygen atoms in total. The van der Waals surface area contributed by atoms with E-state index in [9.17, 15) is 9.59 Å². The number of hydrogen-bond acceptors (Lipinski definition) is 2. The summed E-state index contributed by atoms with van der Waals surface area (Å²) in [6, 6.07) is 4.81. The highest BCUT2D eigenvalue weighted by Gasteiger charge is 2.23. The Labute approximate surface area is 122 Å². The summed E-state index contributed by atoms with van der Waals surface area (Å²) in [5, 5.41) is 9.02. The molecule has 1 aromatic heterocycles. The zero-order valence-electron chi connectivity index (χ0n) is 12.1. The van der Waals surface area contributed by atoms with Gasteiger partial charge >= 0.3 is 11.7 Å². The molecule has 5 heteroatoms. The van der Waals surface area contributed by atoms with Crippen LogP contribution in [0.1, 0.15) is 43.0 Å². The Morgan fingerprint density at radius 2 is 2.14 bits per heavy atom. The van der Waals surface area contributed by atoms with Crippen molar-refractivity contribution in [2.24, 2.45) is 11.8 Å². The molecule has 0 radical (unpaired) electrons. The van der Waals surface area contributed by atoms with E-state index < -0.39 is 5.97 Å². The maximum absolute atomic E-state index is 12.2. The van der Waals surface area contributed by atoms with Crippen molar-refractivity contribution in [3.63, 3.8) is 0 Å². The lowest BCUT2D eigenvalue weighted by Gasteiger charge is -2.28. The fourth-order valence-electron chi connectivity index (χ4n) is 3.38. The van der Waals surface area contributed by atoms with Gasteiger partial charge in [0, 0.05) is 6.54 Å². The predicted molar refractivity (Wildman–Crippen MR) is 80.6 cm³/mol. The molecule has 2 unspecified atom stereocenters. The molecule has 3 rings (SSSR count). The number of benzene rings is 1. The van der Waals surface area contributed by atoms with E-state index in [-0.39, 0.29) is 11.3 Å². The van der Waals surface area contributed by atoms with Crippen molar-refractivity contribution in [2.45, 2.75) is 39.2 Å². The number of nitrogens with one attached hydrogen (secondary N) is 1. The summed E-state index contributed by atoms with van der Waals surface area (Å²) < 4.78 is 1.76. The van der Waals surface area contributed by atoms with E-state index in [1.165, 1.54) is 25.3 Å². The van der Waals surface area contributed by atoms with Gasteiger partial charge in [-0.1, -0.05) is 26.2 Å². The second-order valence-corrected chi connectivity index (χ2v) is 6.10. The summed E-state index contributed by atoms with van der Waals surface area (Å²) in [5.41, 5.74) is 1.44. The van der Waals surface area contributed by atoms with Crippen LogP contribution in [0.5, 0.6) is 0 Å². The van der Waals surface area contributed by atoms with E-state index in [2.05, 4.69) is 11.9 Å². The number of imidazole rings is 1. The third kappa shape index (κ3) is 2.60. The number of carboxylic acid groups (broad SMARTS) is 1. The number of aromatic nitrogens is 2. The van der Waals surface area contributed by atoms with Gasteiger partial charge in [0.15, 0.2) is 0 Å². The van der Waals surface area contributed by atoms with Crippen molar-refractivity contribution in [3.8, 4) is 0 Å². The minimum Gasteiger partial charge on any atom is -0.478 e. The first-order chi connectivity index (χ1) is 10.1. The summed E-state index contributed by atoms with van der Waals surface area (Å²) in [6.07, 6.45) is 4.90. The molecule has 1 aliphatic rings. The van der Waals surface area contributed by atoms with Gasteiger partial charge in [-0.15, -0.1) is 0 Å². The largest absolute Gasteiger partial charge is 0.478 e. The first-order valence-corrected chi connectivity index (χ1v) is 7.52. The summed E-state index contributed by atoms with van der Waals surface area (Å²) in [6.45, 7) is 2.97. The zero-order chi connectivity index (χ0) is 15.0. The van der Waals surface area contributed by atoms with Crippen LogP contribution in [0.3, 0.4) is 0 Å². The number of nitrogens with zero attached hydrogens (tertiary/aromatic N) is 1. The van der Waals surface area contributed by atoms with Crippen LogP contribution in [-0.2, 0) is 6.54 Å². The van der Waals surface area contributed by atoms with E-state index in [1.807, 2.05) is 0 Å². The molecule has 2 N–H and O–H groups in total. The fourth-order valence-corrected chi connectivity index (χ4v) is 3.38. The van der Waals surface area contributed by atoms with Crippen LogP contribution >= 0.6 is 0 Å². The Bertz CT molecular complexity index is 729. The van der Waals surface area contributed by atoms with Gasteiger partial charge < -0.3 is 10.1 Å². The van der Waals surface area contributed by atoms with Crippen molar-refractivity contribution >= 4 is 17.0 Å². The Morgan fingerprint density at radius 1 is 1.38 bits per heavy atom. The summed E-state index contributed by atoms with van der Waals surface area (Å²) in [7, 11) is 0. The van der Waals surface area contributed by atoms with Gasteiger partial charge in [-0.3, -0.25) is 4.57 Å². The van der Waals surface area contributed by atoms with E-state index >= 15 is 0 Å². The highest BCUT2D eigenvalue weighted by molar-refractivity contribution is 5.92. The molecule has 0 amide bonds. The molecule has 1 saturated carbocycles. The smallest absolute Gasteiger partial charge is 0.335 e. The number of rotatable bonds is 3. The Hall–Kier alpha value is -2.04. The van der Waals surface area contributed by atoms with Gasteiger partial charge in [0.1, 0.15) is 0 Å². The molecule has 0 bridgehead atoms.